The van der Waals surface area contributed by atoms with E-state index in [2.05, 4.69) is 0 Å². The zero-order valence-electron chi connectivity index (χ0n) is 5.26. The van der Waals surface area contributed by atoms with Crippen LogP contribution in [0.15, 0.2) is 11.8 Å². The van der Waals surface area contributed by atoms with E-state index in [0.29, 0.717) is 12.4 Å². The summed E-state index contributed by atoms with van der Waals surface area (Å²) < 4.78 is 5.41. The van der Waals surface area contributed by atoms with Crippen LogP contribution in [0.3, 0.4) is 0 Å². The Kier molecular flexibility index (Phi) is 0.887. The fourth-order valence-electron chi connectivity index (χ4n) is 1.23. The van der Waals surface area contributed by atoms with Gasteiger partial charge in [0.25, 0.3) is 0 Å². The number of hydrogen-bond donors (Lipinski definition) is 1. The second kappa shape index (κ2) is 1.51. The van der Waals surface area contributed by atoms with Crippen LogP contribution in [-0.2, 0) is 4.74 Å². The minimum Gasteiger partial charge on any atom is -0.512 e. The van der Waals surface area contributed by atoms with Crippen molar-refractivity contribution in [3.8, 4) is 0 Å². The molecule has 2 aliphatic rings. The van der Waals surface area contributed by atoms with E-state index in [-0.39, 0.29) is 5.60 Å². The van der Waals surface area contributed by atoms with Crippen LogP contribution < -0.4 is 0 Å². The first-order valence-corrected chi connectivity index (χ1v) is 3.33. The van der Waals surface area contributed by atoms with Crippen LogP contribution in [0.25, 0.3) is 0 Å². The molecule has 1 aliphatic heterocycles. The molecule has 0 radical (unpaired) electrons. The standard InChI is InChI=1S/C7H10O2/c8-6-1-4-9-7(5-6)2-3-7/h1,8H,2-5H2. The molecule has 0 unspecified atom stereocenters. The molecule has 2 rings (SSSR count). The first-order valence-electron chi connectivity index (χ1n) is 3.33. The van der Waals surface area contributed by atoms with E-state index in [1.165, 1.54) is 0 Å². The van der Waals surface area contributed by atoms with Crippen molar-refractivity contribution in [3.05, 3.63) is 11.8 Å². The van der Waals surface area contributed by atoms with Gasteiger partial charge in [-0.05, 0) is 18.9 Å². The van der Waals surface area contributed by atoms with E-state index < -0.39 is 0 Å². The van der Waals surface area contributed by atoms with Gasteiger partial charge in [0.1, 0.15) is 0 Å². The van der Waals surface area contributed by atoms with Crippen molar-refractivity contribution < 1.29 is 9.84 Å². The molecule has 0 aromatic carbocycles. The highest BCUT2D eigenvalue weighted by Crippen LogP contribution is 2.45. The van der Waals surface area contributed by atoms with Crippen LogP contribution >= 0.6 is 0 Å². The molecule has 0 aromatic rings. The highest BCUT2D eigenvalue weighted by atomic mass is 16.5. The third kappa shape index (κ3) is 0.833. The highest BCUT2D eigenvalue weighted by molar-refractivity contribution is 5.10. The quantitative estimate of drug-likeness (QED) is 0.531. The summed E-state index contributed by atoms with van der Waals surface area (Å²) in [6.07, 6.45) is 4.74. The Bertz CT molecular complexity index is 156. The van der Waals surface area contributed by atoms with E-state index >= 15 is 0 Å². The van der Waals surface area contributed by atoms with Gasteiger partial charge in [-0.2, -0.15) is 0 Å². The van der Waals surface area contributed by atoms with Gasteiger partial charge in [-0.25, -0.2) is 0 Å². The summed E-state index contributed by atoms with van der Waals surface area (Å²) in [4.78, 5) is 0. The number of aliphatic hydroxyl groups is 1. The summed E-state index contributed by atoms with van der Waals surface area (Å²) in [5.41, 5.74) is 0.0822. The second-order valence-electron chi connectivity index (χ2n) is 2.87. The molecule has 1 saturated carbocycles. The van der Waals surface area contributed by atoms with Crippen LogP contribution in [0.4, 0.5) is 0 Å². The maximum Gasteiger partial charge on any atom is 0.0934 e. The molecule has 1 heterocycles. The van der Waals surface area contributed by atoms with Crippen LogP contribution in [0.1, 0.15) is 19.3 Å². The Labute approximate surface area is 54.1 Å². The summed E-state index contributed by atoms with van der Waals surface area (Å²) in [6.45, 7) is 0.603. The second-order valence-corrected chi connectivity index (χ2v) is 2.87. The lowest BCUT2D eigenvalue weighted by Crippen LogP contribution is -2.19. The lowest BCUT2D eigenvalue weighted by atomic mass is 10.1. The Balaban J connectivity index is 2.10. The number of ether oxygens (including phenoxy) is 1. The number of rotatable bonds is 0. The van der Waals surface area contributed by atoms with Gasteiger partial charge in [0, 0.05) is 6.42 Å². The van der Waals surface area contributed by atoms with E-state index in [9.17, 15) is 0 Å². The Morgan fingerprint density at radius 2 is 2.33 bits per heavy atom. The molecule has 0 aromatic heterocycles. The highest BCUT2D eigenvalue weighted by Gasteiger charge is 2.45. The van der Waals surface area contributed by atoms with Crippen molar-refractivity contribution in [1.82, 2.24) is 0 Å². The summed E-state index contributed by atoms with van der Waals surface area (Å²) in [6, 6.07) is 0. The van der Waals surface area contributed by atoms with E-state index in [4.69, 9.17) is 9.84 Å². The Morgan fingerprint density at radius 1 is 1.56 bits per heavy atom. The zero-order valence-corrected chi connectivity index (χ0v) is 5.26. The minimum atomic E-state index is 0.0822. The Morgan fingerprint density at radius 3 is 2.78 bits per heavy atom. The van der Waals surface area contributed by atoms with Crippen molar-refractivity contribution in [1.29, 1.82) is 0 Å². The maximum atomic E-state index is 9.07. The third-order valence-corrected chi connectivity index (χ3v) is 2.02. The topological polar surface area (TPSA) is 29.5 Å². The number of hydrogen-bond acceptors (Lipinski definition) is 2. The van der Waals surface area contributed by atoms with Gasteiger partial charge in [-0.1, -0.05) is 0 Å². The largest absolute Gasteiger partial charge is 0.512 e. The lowest BCUT2D eigenvalue weighted by Gasteiger charge is -2.19. The van der Waals surface area contributed by atoms with Crippen LogP contribution in [0.2, 0.25) is 0 Å². The maximum absolute atomic E-state index is 9.07. The van der Waals surface area contributed by atoms with Gasteiger partial charge in [-0.3, -0.25) is 0 Å². The van der Waals surface area contributed by atoms with E-state index in [1.54, 1.807) is 6.08 Å². The molecule has 9 heavy (non-hydrogen) atoms. The smallest absolute Gasteiger partial charge is 0.0934 e. The average molecular weight is 126 g/mol. The molecule has 0 saturated heterocycles. The van der Waals surface area contributed by atoms with Gasteiger partial charge < -0.3 is 9.84 Å². The van der Waals surface area contributed by atoms with Gasteiger partial charge in [0.2, 0.25) is 0 Å². The Hall–Kier alpha value is -0.500. The molecular formula is C7H10O2. The molecule has 2 nitrogen and oxygen atoms in total. The van der Waals surface area contributed by atoms with Crippen LogP contribution in [0.5, 0.6) is 0 Å². The van der Waals surface area contributed by atoms with Crippen LogP contribution in [-0.4, -0.2) is 17.3 Å². The molecule has 0 bridgehead atoms. The predicted molar refractivity (Wildman–Crippen MR) is 33.2 cm³/mol. The fraction of sp³-hybridized carbons (Fsp3) is 0.714. The molecule has 0 atom stereocenters. The van der Waals surface area contributed by atoms with Crippen LogP contribution in [0, 0.1) is 0 Å². The third-order valence-electron chi connectivity index (χ3n) is 2.02. The molecule has 1 fully saturated rings. The van der Waals surface area contributed by atoms with Crippen molar-refractivity contribution in [2.75, 3.05) is 6.61 Å². The molecule has 1 spiro atoms. The SMILES string of the molecule is OC1=CCOC2(CC2)C1. The predicted octanol–water partition coefficient (Wildman–Crippen LogP) is 1.38. The van der Waals surface area contributed by atoms with Crippen molar-refractivity contribution >= 4 is 0 Å². The zero-order chi connectivity index (χ0) is 6.32. The molecule has 1 N–H and O–H groups in total. The summed E-state index contributed by atoms with van der Waals surface area (Å²) >= 11 is 0. The van der Waals surface area contributed by atoms with Crippen molar-refractivity contribution in [3.63, 3.8) is 0 Å². The van der Waals surface area contributed by atoms with Gasteiger partial charge >= 0.3 is 0 Å². The van der Waals surface area contributed by atoms with Crippen molar-refractivity contribution in [2.24, 2.45) is 0 Å². The van der Waals surface area contributed by atoms with Gasteiger partial charge in [-0.15, -0.1) is 0 Å². The summed E-state index contributed by atoms with van der Waals surface area (Å²) in [7, 11) is 0. The first kappa shape index (κ1) is 5.30. The van der Waals surface area contributed by atoms with Gasteiger partial charge in [0.05, 0.1) is 18.0 Å². The monoisotopic (exact) mass is 126 g/mol. The fourth-order valence-corrected chi connectivity index (χ4v) is 1.23. The molecular weight excluding hydrogens is 116 g/mol. The molecule has 50 valence electrons. The summed E-state index contributed by atoms with van der Waals surface area (Å²) in [5, 5.41) is 9.07. The first-order chi connectivity index (χ1) is 4.31. The lowest BCUT2D eigenvalue weighted by molar-refractivity contribution is 0.0304. The molecule has 1 aliphatic carbocycles. The van der Waals surface area contributed by atoms with Gasteiger partial charge in [0.15, 0.2) is 0 Å². The van der Waals surface area contributed by atoms with E-state index in [1.807, 2.05) is 0 Å². The minimum absolute atomic E-state index is 0.0822. The summed E-state index contributed by atoms with van der Waals surface area (Å²) in [5.74, 6) is 0.513. The molecule has 2 heteroatoms. The van der Waals surface area contributed by atoms with E-state index in [0.717, 1.165) is 19.3 Å². The van der Waals surface area contributed by atoms with Crippen molar-refractivity contribution in [2.45, 2.75) is 24.9 Å². The normalized spacial score (nSPS) is 30.0. The molecule has 0 amide bonds. The number of aliphatic hydroxyl groups excluding tert-OH is 1. The average Bonchev–Trinajstić information content (AvgIpc) is 2.49.